The highest BCUT2D eigenvalue weighted by Crippen LogP contribution is 2.18. The van der Waals surface area contributed by atoms with Crippen LogP contribution in [-0.2, 0) is 11.3 Å². The molecule has 0 aliphatic carbocycles. The molecule has 1 atom stereocenters. The number of nitrogens with one attached hydrogen (secondary N) is 3. The highest BCUT2D eigenvalue weighted by atomic mass is 19.1. The third kappa shape index (κ3) is 5.09. The van der Waals surface area contributed by atoms with Gasteiger partial charge in [-0.2, -0.15) is 0 Å². The van der Waals surface area contributed by atoms with E-state index in [1.165, 1.54) is 33.1 Å². The molecule has 1 fully saturated rings. The smallest absolute Gasteiger partial charge is 0.282 e. The van der Waals surface area contributed by atoms with Crippen LogP contribution in [0.2, 0.25) is 0 Å². The van der Waals surface area contributed by atoms with Crippen LogP contribution < -0.4 is 19.9 Å². The van der Waals surface area contributed by atoms with Gasteiger partial charge in [-0.25, -0.2) is 4.39 Å². The van der Waals surface area contributed by atoms with Gasteiger partial charge in [-0.05, 0) is 50.2 Å². The summed E-state index contributed by atoms with van der Waals surface area (Å²) in [5.74, 6) is 0.617. The molecule has 0 aromatic heterocycles. The molecule has 1 saturated heterocycles. The molecule has 2 aromatic carbocycles. The minimum atomic E-state index is -0.305. The SMILES string of the molecule is COc1ccc(C)cc1C[NH+]1CC[NH+]([C@@H](C)C(=O)Nc2ccc(F)cc2)CC1. The Hall–Kier alpha value is -2.44. The van der Waals surface area contributed by atoms with Gasteiger partial charge in [0.15, 0.2) is 6.04 Å². The van der Waals surface area contributed by atoms with Crippen LogP contribution in [0.25, 0.3) is 0 Å². The number of rotatable bonds is 6. The number of carbonyl (C=O) groups is 1. The first kappa shape index (κ1) is 20.3. The molecule has 2 aromatic rings. The van der Waals surface area contributed by atoms with Gasteiger partial charge in [-0.3, -0.25) is 4.79 Å². The van der Waals surface area contributed by atoms with Crippen molar-refractivity contribution >= 4 is 11.6 Å². The number of halogens is 1. The molecule has 1 heterocycles. The van der Waals surface area contributed by atoms with Crippen LogP contribution in [0.5, 0.6) is 5.75 Å². The second-order valence-electron chi connectivity index (χ2n) is 7.62. The van der Waals surface area contributed by atoms with E-state index < -0.39 is 0 Å². The molecule has 0 saturated carbocycles. The molecule has 0 unspecified atom stereocenters. The lowest BCUT2D eigenvalue weighted by Crippen LogP contribution is -3.29. The quantitative estimate of drug-likeness (QED) is 0.674. The van der Waals surface area contributed by atoms with Crippen LogP contribution in [0.4, 0.5) is 10.1 Å². The van der Waals surface area contributed by atoms with E-state index in [0.29, 0.717) is 5.69 Å². The molecule has 1 amide bonds. The lowest BCUT2D eigenvalue weighted by atomic mass is 10.1. The van der Waals surface area contributed by atoms with Gasteiger partial charge in [-0.15, -0.1) is 0 Å². The van der Waals surface area contributed by atoms with Gasteiger partial charge in [-0.1, -0.05) is 11.6 Å². The van der Waals surface area contributed by atoms with Crippen molar-refractivity contribution in [3.63, 3.8) is 0 Å². The van der Waals surface area contributed by atoms with Crippen molar-refractivity contribution in [2.45, 2.75) is 26.4 Å². The van der Waals surface area contributed by atoms with Crippen molar-refractivity contribution in [2.75, 3.05) is 38.6 Å². The summed E-state index contributed by atoms with van der Waals surface area (Å²) in [4.78, 5) is 15.3. The molecule has 6 heteroatoms. The fourth-order valence-corrected chi connectivity index (χ4v) is 3.82. The Kier molecular flexibility index (Phi) is 6.65. The number of hydrogen-bond acceptors (Lipinski definition) is 2. The zero-order valence-corrected chi connectivity index (χ0v) is 16.8. The molecule has 28 heavy (non-hydrogen) atoms. The summed E-state index contributed by atoms with van der Waals surface area (Å²) in [6.07, 6.45) is 0. The maximum Gasteiger partial charge on any atom is 0.282 e. The summed E-state index contributed by atoms with van der Waals surface area (Å²) >= 11 is 0. The highest BCUT2D eigenvalue weighted by Gasteiger charge is 2.31. The Labute approximate surface area is 166 Å². The van der Waals surface area contributed by atoms with Gasteiger partial charge in [0.2, 0.25) is 0 Å². The average Bonchev–Trinajstić information content (AvgIpc) is 2.70. The van der Waals surface area contributed by atoms with Gasteiger partial charge in [0.1, 0.15) is 44.3 Å². The summed E-state index contributed by atoms with van der Waals surface area (Å²) < 4.78 is 18.5. The molecular formula is C22H30FN3O2+2. The second-order valence-corrected chi connectivity index (χ2v) is 7.62. The Morgan fingerprint density at radius 2 is 1.82 bits per heavy atom. The number of anilines is 1. The highest BCUT2D eigenvalue weighted by molar-refractivity contribution is 5.93. The van der Waals surface area contributed by atoms with E-state index in [-0.39, 0.29) is 17.8 Å². The maximum atomic E-state index is 13.0. The van der Waals surface area contributed by atoms with Crippen molar-refractivity contribution in [1.29, 1.82) is 0 Å². The standard InChI is InChI=1S/C22H28FN3O2/c1-16-4-9-21(28-3)18(14-16)15-25-10-12-26(13-11-25)17(2)22(27)24-20-7-5-19(23)6-8-20/h4-9,14,17H,10-13,15H2,1-3H3,(H,24,27)/p+2/t17-/m0/s1. The van der Waals surface area contributed by atoms with E-state index in [2.05, 4.69) is 24.4 Å². The molecule has 5 nitrogen and oxygen atoms in total. The van der Waals surface area contributed by atoms with Gasteiger partial charge in [0.25, 0.3) is 5.91 Å². The monoisotopic (exact) mass is 387 g/mol. The van der Waals surface area contributed by atoms with Crippen molar-refractivity contribution in [1.82, 2.24) is 0 Å². The molecule has 150 valence electrons. The minimum absolute atomic E-state index is 0.0228. The van der Waals surface area contributed by atoms with E-state index in [9.17, 15) is 9.18 Å². The fourth-order valence-electron chi connectivity index (χ4n) is 3.82. The largest absolute Gasteiger partial charge is 0.496 e. The first-order valence-electron chi connectivity index (χ1n) is 9.84. The van der Waals surface area contributed by atoms with Crippen molar-refractivity contribution in [3.8, 4) is 5.75 Å². The maximum absolute atomic E-state index is 13.0. The lowest BCUT2D eigenvalue weighted by molar-refractivity contribution is -1.02. The molecule has 0 bridgehead atoms. The van der Waals surface area contributed by atoms with Gasteiger partial charge in [0, 0.05) is 11.3 Å². The zero-order chi connectivity index (χ0) is 20.1. The number of methoxy groups -OCH3 is 1. The molecule has 3 rings (SSSR count). The number of benzene rings is 2. The predicted molar refractivity (Wildman–Crippen MR) is 107 cm³/mol. The Morgan fingerprint density at radius 1 is 1.14 bits per heavy atom. The molecular weight excluding hydrogens is 357 g/mol. The summed E-state index contributed by atoms with van der Waals surface area (Å²) in [6, 6.07) is 12.1. The van der Waals surface area contributed by atoms with Gasteiger partial charge in [0.05, 0.1) is 7.11 Å². The minimum Gasteiger partial charge on any atom is -0.496 e. The van der Waals surface area contributed by atoms with Crippen molar-refractivity contribution < 1.29 is 23.7 Å². The van der Waals surface area contributed by atoms with Crippen molar-refractivity contribution in [2.24, 2.45) is 0 Å². The van der Waals surface area contributed by atoms with Crippen LogP contribution in [0, 0.1) is 12.7 Å². The number of ether oxygens (including phenoxy) is 1. The molecule has 1 aliphatic rings. The Balaban J connectivity index is 1.52. The summed E-state index contributed by atoms with van der Waals surface area (Å²) in [5, 5.41) is 2.89. The first-order valence-corrected chi connectivity index (χ1v) is 9.84. The van der Waals surface area contributed by atoms with E-state index in [1.807, 2.05) is 13.0 Å². The molecule has 0 radical (unpaired) electrons. The first-order chi connectivity index (χ1) is 13.5. The lowest BCUT2D eigenvalue weighted by Gasteiger charge is -2.32. The molecule has 1 aliphatic heterocycles. The fraction of sp³-hybridized carbons (Fsp3) is 0.409. The Bertz CT molecular complexity index is 802. The number of amides is 1. The average molecular weight is 387 g/mol. The van der Waals surface area contributed by atoms with Gasteiger partial charge < -0.3 is 19.9 Å². The third-order valence-corrected chi connectivity index (χ3v) is 5.59. The summed E-state index contributed by atoms with van der Waals surface area (Å²) in [6.45, 7) is 8.92. The summed E-state index contributed by atoms with van der Waals surface area (Å²) in [7, 11) is 1.72. The van der Waals surface area contributed by atoms with E-state index >= 15 is 0 Å². The molecule has 3 N–H and O–H groups in total. The number of hydrogen-bond donors (Lipinski definition) is 3. The van der Waals surface area contributed by atoms with E-state index in [0.717, 1.165) is 38.5 Å². The van der Waals surface area contributed by atoms with Crippen LogP contribution in [0.15, 0.2) is 42.5 Å². The van der Waals surface area contributed by atoms with Crippen LogP contribution in [0.3, 0.4) is 0 Å². The van der Waals surface area contributed by atoms with Crippen molar-refractivity contribution in [3.05, 3.63) is 59.4 Å². The van der Waals surface area contributed by atoms with Gasteiger partial charge >= 0.3 is 0 Å². The number of aryl methyl sites for hydroxylation is 1. The normalized spacial score (nSPS) is 20.4. The zero-order valence-electron chi connectivity index (χ0n) is 16.8. The van der Waals surface area contributed by atoms with E-state index in [4.69, 9.17) is 4.74 Å². The number of carbonyl (C=O) groups excluding carboxylic acids is 1. The predicted octanol–water partition coefficient (Wildman–Crippen LogP) is 0.453. The number of piperazine rings is 1. The number of quaternary nitrogens is 2. The topological polar surface area (TPSA) is 47.2 Å². The molecule has 0 spiro atoms. The Morgan fingerprint density at radius 3 is 2.46 bits per heavy atom. The second kappa shape index (κ2) is 9.17. The summed E-state index contributed by atoms with van der Waals surface area (Å²) in [5.41, 5.74) is 3.11. The van der Waals surface area contributed by atoms with Crippen LogP contribution in [-0.4, -0.2) is 45.2 Å². The third-order valence-electron chi connectivity index (χ3n) is 5.59. The van der Waals surface area contributed by atoms with E-state index in [1.54, 1.807) is 19.2 Å². The van der Waals surface area contributed by atoms with Crippen LogP contribution >= 0.6 is 0 Å². The van der Waals surface area contributed by atoms with Crippen LogP contribution in [0.1, 0.15) is 18.1 Å².